The molecule has 2 heterocycles. The number of hydrogen-bond acceptors (Lipinski definition) is 4. The molecule has 0 spiro atoms. The third-order valence-corrected chi connectivity index (χ3v) is 7.32. The molecule has 0 radical (unpaired) electrons. The summed E-state index contributed by atoms with van der Waals surface area (Å²) in [4.78, 5) is 18.3. The second-order valence-electron chi connectivity index (χ2n) is 8.84. The smallest absolute Gasteiger partial charge is 0.251 e. The molecule has 0 saturated carbocycles. The standard InChI is InChI=1S/C30H28N2O2S/c1-20-9-10-26(16-29(20)35-2)30(33)32-17-28-15-25(11-12-31-28)23-7-3-5-21(13-23)22-6-4-8-24(14-22)27-18-34-19-27/h3-16,27H,17-19H2,1-2H3,(H,32,33). The van der Waals surface area contributed by atoms with Gasteiger partial charge in [-0.2, -0.15) is 0 Å². The SMILES string of the molecule is CSc1cc(C(=O)NCc2cc(-c3cccc(-c4cccc(C5COC5)c4)c3)ccn2)ccc1C. The Kier molecular flexibility index (Phi) is 6.98. The van der Waals surface area contributed by atoms with Gasteiger partial charge >= 0.3 is 0 Å². The van der Waals surface area contributed by atoms with Crippen LogP contribution in [0.2, 0.25) is 0 Å². The zero-order valence-corrected chi connectivity index (χ0v) is 20.8. The summed E-state index contributed by atoms with van der Waals surface area (Å²) < 4.78 is 5.36. The number of pyridine rings is 1. The van der Waals surface area contributed by atoms with Crippen LogP contribution in [0.5, 0.6) is 0 Å². The lowest BCUT2D eigenvalue weighted by Gasteiger charge is -2.26. The van der Waals surface area contributed by atoms with Crippen LogP contribution in [0.25, 0.3) is 22.3 Å². The molecule has 1 aliphatic heterocycles. The highest BCUT2D eigenvalue weighted by atomic mass is 32.2. The van der Waals surface area contributed by atoms with Crippen LogP contribution in [0.1, 0.15) is 33.1 Å². The minimum absolute atomic E-state index is 0.0914. The van der Waals surface area contributed by atoms with Gasteiger partial charge in [0, 0.05) is 22.6 Å². The highest BCUT2D eigenvalue weighted by Gasteiger charge is 2.20. The third-order valence-electron chi connectivity index (χ3n) is 6.44. The van der Waals surface area contributed by atoms with Crippen molar-refractivity contribution in [1.29, 1.82) is 0 Å². The van der Waals surface area contributed by atoms with Crippen molar-refractivity contribution >= 4 is 17.7 Å². The van der Waals surface area contributed by atoms with Gasteiger partial charge in [-0.1, -0.05) is 48.5 Å². The van der Waals surface area contributed by atoms with Crippen molar-refractivity contribution in [3.63, 3.8) is 0 Å². The average molecular weight is 481 g/mol. The van der Waals surface area contributed by atoms with Gasteiger partial charge in [0.25, 0.3) is 5.91 Å². The van der Waals surface area contributed by atoms with Crippen LogP contribution >= 0.6 is 11.8 Å². The number of carbonyl (C=O) groups excluding carboxylic acids is 1. The third kappa shape index (κ3) is 5.31. The number of nitrogens with one attached hydrogen (secondary N) is 1. The summed E-state index contributed by atoms with van der Waals surface area (Å²) in [5.41, 5.74) is 8.59. The lowest BCUT2D eigenvalue weighted by atomic mass is 9.93. The highest BCUT2D eigenvalue weighted by molar-refractivity contribution is 7.98. The summed E-state index contributed by atoms with van der Waals surface area (Å²) >= 11 is 1.65. The summed E-state index contributed by atoms with van der Waals surface area (Å²) in [6.45, 7) is 4.04. The monoisotopic (exact) mass is 480 g/mol. The Morgan fingerprint density at radius 3 is 2.37 bits per heavy atom. The normalized spacial score (nSPS) is 13.3. The minimum Gasteiger partial charge on any atom is -0.380 e. The van der Waals surface area contributed by atoms with Gasteiger partial charge in [-0.15, -0.1) is 11.8 Å². The van der Waals surface area contributed by atoms with E-state index in [2.05, 4.69) is 65.8 Å². The lowest BCUT2D eigenvalue weighted by molar-refractivity contribution is 0.00844. The van der Waals surface area contributed by atoms with Crippen molar-refractivity contribution in [2.24, 2.45) is 0 Å². The van der Waals surface area contributed by atoms with E-state index in [1.165, 1.54) is 22.3 Å². The maximum Gasteiger partial charge on any atom is 0.251 e. The van der Waals surface area contributed by atoms with Crippen molar-refractivity contribution in [2.45, 2.75) is 24.3 Å². The first kappa shape index (κ1) is 23.3. The Balaban J connectivity index is 1.31. The Bertz CT molecular complexity index is 1360. The van der Waals surface area contributed by atoms with Crippen molar-refractivity contribution in [3.8, 4) is 22.3 Å². The van der Waals surface area contributed by atoms with Crippen LogP contribution in [-0.2, 0) is 11.3 Å². The summed E-state index contributed by atoms with van der Waals surface area (Å²) in [6, 6.07) is 27.1. The molecule has 0 bridgehead atoms. The zero-order chi connectivity index (χ0) is 24.2. The molecule has 1 aromatic heterocycles. The predicted octanol–water partition coefficient (Wildman–Crippen LogP) is 6.49. The predicted molar refractivity (Wildman–Crippen MR) is 143 cm³/mol. The number of thioether (sulfide) groups is 1. The van der Waals surface area contributed by atoms with Gasteiger partial charge in [0.2, 0.25) is 0 Å². The fourth-order valence-electron chi connectivity index (χ4n) is 4.27. The van der Waals surface area contributed by atoms with Gasteiger partial charge in [0.05, 0.1) is 25.5 Å². The van der Waals surface area contributed by atoms with E-state index in [1.54, 1.807) is 18.0 Å². The number of aromatic nitrogens is 1. The Morgan fingerprint density at radius 1 is 0.943 bits per heavy atom. The largest absolute Gasteiger partial charge is 0.380 e. The van der Waals surface area contributed by atoms with Crippen LogP contribution in [0.4, 0.5) is 0 Å². The molecule has 1 N–H and O–H groups in total. The second-order valence-corrected chi connectivity index (χ2v) is 9.69. The first-order chi connectivity index (χ1) is 17.1. The highest BCUT2D eigenvalue weighted by Crippen LogP contribution is 2.30. The molecule has 0 unspecified atom stereocenters. The van der Waals surface area contributed by atoms with Gasteiger partial charge in [-0.3, -0.25) is 9.78 Å². The number of rotatable bonds is 7. The van der Waals surface area contributed by atoms with Gasteiger partial charge in [0.15, 0.2) is 0 Å². The number of hydrogen-bond donors (Lipinski definition) is 1. The van der Waals surface area contributed by atoms with Gasteiger partial charge in [0.1, 0.15) is 0 Å². The van der Waals surface area contributed by atoms with E-state index < -0.39 is 0 Å². The van der Waals surface area contributed by atoms with Gasteiger partial charge in [-0.25, -0.2) is 0 Å². The van der Waals surface area contributed by atoms with E-state index in [9.17, 15) is 4.79 Å². The molecule has 3 aromatic carbocycles. The van der Waals surface area contributed by atoms with E-state index in [1.807, 2.05) is 36.6 Å². The molecule has 35 heavy (non-hydrogen) atoms. The Labute approximate surface area is 210 Å². The maximum atomic E-state index is 12.7. The molecule has 1 amide bonds. The van der Waals surface area contributed by atoms with Crippen molar-refractivity contribution in [2.75, 3.05) is 19.5 Å². The molecule has 0 aliphatic carbocycles. The van der Waals surface area contributed by atoms with Crippen molar-refractivity contribution in [3.05, 3.63) is 107 Å². The van der Waals surface area contributed by atoms with Crippen LogP contribution in [0.15, 0.2) is 90.0 Å². The molecule has 4 nitrogen and oxygen atoms in total. The number of amides is 1. The molecule has 5 rings (SSSR count). The zero-order valence-electron chi connectivity index (χ0n) is 20.0. The van der Waals surface area contributed by atoms with E-state index >= 15 is 0 Å². The summed E-state index contributed by atoms with van der Waals surface area (Å²) in [7, 11) is 0. The summed E-state index contributed by atoms with van der Waals surface area (Å²) in [5, 5.41) is 3.01. The van der Waals surface area contributed by atoms with Crippen LogP contribution < -0.4 is 5.32 Å². The second kappa shape index (κ2) is 10.5. The molecule has 1 aliphatic rings. The topological polar surface area (TPSA) is 51.2 Å². The Hall–Kier alpha value is -3.41. The van der Waals surface area contributed by atoms with E-state index in [-0.39, 0.29) is 5.91 Å². The Morgan fingerprint density at radius 2 is 1.66 bits per heavy atom. The number of nitrogens with zero attached hydrogens (tertiary/aromatic N) is 1. The molecule has 1 saturated heterocycles. The molecule has 4 aromatic rings. The van der Waals surface area contributed by atoms with Gasteiger partial charge in [-0.05, 0) is 76.9 Å². The molecule has 0 atom stereocenters. The summed E-state index contributed by atoms with van der Waals surface area (Å²) in [6.07, 6.45) is 3.83. The van der Waals surface area contributed by atoms with E-state index in [0.29, 0.717) is 18.0 Å². The molecular formula is C30H28N2O2S. The van der Waals surface area contributed by atoms with Crippen molar-refractivity contribution < 1.29 is 9.53 Å². The first-order valence-electron chi connectivity index (χ1n) is 11.8. The quantitative estimate of drug-likeness (QED) is 0.307. The molecule has 5 heteroatoms. The van der Waals surface area contributed by atoms with Gasteiger partial charge < -0.3 is 10.1 Å². The van der Waals surface area contributed by atoms with Crippen LogP contribution in [-0.4, -0.2) is 30.4 Å². The first-order valence-corrected chi connectivity index (χ1v) is 13.0. The average Bonchev–Trinajstić information content (AvgIpc) is 2.87. The minimum atomic E-state index is -0.0914. The van der Waals surface area contributed by atoms with Crippen LogP contribution in [0.3, 0.4) is 0 Å². The summed E-state index contributed by atoms with van der Waals surface area (Å²) in [5.74, 6) is 0.412. The number of benzene rings is 3. The molecule has 176 valence electrons. The molecule has 1 fully saturated rings. The fourth-order valence-corrected chi connectivity index (χ4v) is 4.90. The maximum absolute atomic E-state index is 12.7. The number of aryl methyl sites for hydroxylation is 1. The fraction of sp³-hybridized carbons (Fsp3) is 0.200. The van der Waals surface area contributed by atoms with E-state index in [0.717, 1.165) is 34.9 Å². The van der Waals surface area contributed by atoms with Crippen LogP contribution in [0, 0.1) is 6.92 Å². The van der Waals surface area contributed by atoms with E-state index in [4.69, 9.17) is 4.74 Å². The number of carbonyl (C=O) groups is 1. The lowest BCUT2D eigenvalue weighted by Crippen LogP contribution is -2.24. The van der Waals surface area contributed by atoms with Crippen molar-refractivity contribution in [1.82, 2.24) is 10.3 Å². The molecular weight excluding hydrogens is 452 g/mol. The number of ether oxygens (including phenoxy) is 1.